The number of aromatic nitrogens is 2. The van der Waals surface area contributed by atoms with Crippen molar-refractivity contribution < 1.29 is 14.3 Å². The third kappa shape index (κ3) is 3.51. The van der Waals surface area contributed by atoms with Gasteiger partial charge in [-0.05, 0) is 38.5 Å². The number of nitrogens with one attached hydrogen (secondary N) is 1. The summed E-state index contributed by atoms with van der Waals surface area (Å²) >= 11 is 1.48. The molecule has 0 spiro atoms. The summed E-state index contributed by atoms with van der Waals surface area (Å²) in [4.78, 5) is 33.1. The van der Waals surface area contributed by atoms with Gasteiger partial charge in [-0.2, -0.15) is 0 Å². The van der Waals surface area contributed by atoms with Gasteiger partial charge in [0.05, 0.1) is 17.9 Å². The summed E-state index contributed by atoms with van der Waals surface area (Å²) < 4.78 is 5.04. The van der Waals surface area contributed by atoms with Crippen molar-refractivity contribution in [2.75, 3.05) is 12.4 Å². The van der Waals surface area contributed by atoms with Crippen molar-refractivity contribution in [1.29, 1.82) is 0 Å². The van der Waals surface area contributed by atoms with Gasteiger partial charge in [-0.25, -0.2) is 4.79 Å². The molecule has 0 aliphatic carbocycles. The maximum absolute atomic E-state index is 12.8. The van der Waals surface area contributed by atoms with E-state index < -0.39 is 5.97 Å². The fourth-order valence-electron chi connectivity index (χ4n) is 2.99. The molecule has 0 fully saturated rings. The second-order valence-corrected chi connectivity index (χ2v) is 6.90. The lowest BCUT2D eigenvalue weighted by Gasteiger charge is -2.06. The van der Waals surface area contributed by atoms with Crippen molar-refractivity contribution in [3.8, 4) is 0 Å². The number of pyridine rings is 1. The van der Waals surface area contributed by atoms with E-state index in [1.807, 2.05) is 30.3 Å². The van der Waals surface area contributed by atoms with Gasteiger partial charge in [0.1, 0.15) is 5.69 Å². The predicted octanol–water partition coefficient (Wildman–Crippen LogP) is 4.33. The molecule has 2 heterocycles. The van der Waals surface area contributed by atoms with Crippen molar-refractivity contribution >= 4 is 34.4 Å². The summed E-state index contributed by atoms with van der Waals surface area (Å²) in [6.07, 6.45) is 1.75. The summed E-state index contributed by atoms with van der Waals surface area (Å²) in [5.74, 6) is -0.159. The Morgan fingerprint density at radius 3 is 2.73 bits per heavy atom. The van der Waals surface area contributed by atoms with Crippen molar-refractivity contribution in [2.45, 2.75) is 25.7 Å². The number of H-pyrrole nitrogens is 1. The van der Waals surface area contributed by atoms with Gasteiger partial charge < -0.3 is 9.72 Å². The lowest BCUT2D eigenvalue weighted by molar-refractivity contribution is 0.0519. The molecule has 0 aliphatic rings. The number of aryl methyl sites for hydroxylation is 1. The van der Waals surface area contributed by atoms with Gasteiger partial charge in [0, 0.05) is 27.7 Å². The molecular weight excluding hydrogens is 348 g/mol. The summed E-state index contributed by atoms with van der Waals surface area (Å²) in [5, 5.41) is 1.03. The first kappa shape index (κ1) is 18.2. The fourth-order valence-corrected chi connectivity index (χ4v) is 3.90. The van der Waals surface area contributed by atoms with Crippen LogP contribution in [0.2, 0.25) is 0 Å². The zero-order valence-electron chi connectivity index (χ0n) is 15.0. The molecule has 3 rings (SSSR count). The number of aromatic amines is 1. The molecule has 0 radical (unpaired) electrons. The minimum Gasteiger partial charge on any atom is -0.461 e. The number of fused-ring (bicyclic) bond motifs is 1. The van der Waals surface area contributed by atoms with E-state index in [2.05, 4.69) is 9.97 Å². The van der Waals surface area contributed by atoms with Crippen molar-refractivity contribution in [3.05, 3.63) is 59.0 Å². The third-order valence-electron chi connectivity index (χ3n) is 4.16. The van der Waals surface area contributed by atoms with Gasteiger partial charge in [0.15, 0.2) is 5.78 Å². The van der Waals surface area contributed by atoms with Crippen LogP contribution in [0.1, 0.15) is 39.0 Å². The van der Waals surface area contributed by atoms with Crippen LogP contribution in [-0.4, -0.2) is 34.1 Å². The van der Waals surface area contributed by atoms with Gasteiger partial charge in [-0.3, -0.25) is 9.78 Å². The number of carbonyl (C=O) groups excluding carboxylic acids is 2. The number of Topliss-reactive ketones (excluding diaryl/α,β-unsaturated/α-hetero) is 1. The number of thioether (sulfide) groups is 1. The van der Waals surface area contributed by atoms with E-state index in [9.17, 15) is 9.59 Å². The molecule has 6 heteroatoms. The number of para-hydroxylation sites is 1. The smallest absolute Gasteiger partial charge is 0.355 e. The molecule has 3 aromatic rings. The number of ether oxygens (including phenoxy) is 1. The zero-order valence-corrected chi connectivity index (χ0v) is 15.8. The van der Waals surface area contributed by atoms with Gasteiger partial charge in [0.25, 0.3) is 0 Å². The topological polar surface area (TPSA) is 72.1 Å². The van der Waals surface area contributed by atoms with Crippen LogP contribution in [0.3, 0.4) is 0 Å². The minimum absolute atomic E-state index is 0.0160. The summed E-state index contributed by atoms with van der Waals surface area (Å²) in [6, 6.07) is 9.77. The van der Waals surface area contributed by atoms with Crippen LogP contribution >= 0.6 is 11.8 Å². The van der Waals surface area contributed by atoms with Gasteiger partial charge in [0.2, 0.25) is 0 Å². The van der Waals surface area contributed by atoms with Crippen molar-refractivity contribution in [1.82, 2.24) is 9.97 Å². The van der Waals surface area contributed by atoms with E-state index >= 15 is 0 Å². The predicted molar refractivity (Wildman–Crippen MR) is 103 cm³/mol. The normalized spacial score (nSPS) is 10.9. The standard InChI is InChI=1S/C20H20N2O3S/c1-4-25-20(24)19-12(2)18(13(3)22-19)16(23)11-26-17-9-10-21-15-8-6-5-7-14(15)17/h5-10,22H,4,11H2,1-3H3. The highest BCUT2D eigenvalue weighted by atomic mass is 32.2. The largest absolute Gasteiger partial charge is 0.461 e. The van der Waals surface area contributed by atoms with Gasteiger partial charge >= 0.3 is 5.97 Å². The molecule has 134 valence electrons. The van der Waals surface area contributed by atoms with Gasteiger partial charge in [-0.15, -0.1) is 11.8 Å². The Balaban J connectivity index is 1.81. The highest BCUT2D eigenvalue weighted by molar-refractivity contribution is 8.00. The van der Waals surface area contributed by atoms with Crippen LogP contribution in [0.25, 0.3) is 10.9 Å². The number of benzene rings is 1. The quantitative estimate of drug-likeness (QED) is 0.398. The fraction of sp³-hybridized carbons (Fsp3) is 0.250. The average molecular weight is 368 g/mol. The number of hydrogen-bond acceptors (Lipinski definition) is 5. The monoisotopic (exact) mass is 368 g/mol. The summed E-state index contributed by atoms with van der Waals surface area (Å²) in [5.41, 5.74) is 3.16. The maximum atomic E-state index is 12.8. The first-order valence-electron chi connectivity index (χ1n) is 8.39. The zero-order chi connectivity index (χ0) is 18.7. The maximum Gasteiger partial charge on any atom is 0.355 e. The third-order valence-corrected chi connectivity index (χ3v) is 5.24. The average Bonchev–Trinajstić information content (AvgIpc) is 2.94. The first-order chi connectivity index (χ1) is 12.5. The van der Waals surface area contributed by atoms with Crippen LogP contribution in [0.5, 0.6) is 0 Å². The van der Waals surface area contributed by atoms with E-state index in [-0.39, 0.29) is 11.5 Å². The first-order valence-corrected chi connectivity index (χ1v) is 9.37. The van der Waals surface area contributed by atoms with Crippen molar-refractivity contribution in [3.63, 3.8) is 0 Å². The molecule has 0 amide bonds. The van der Waals surface area contributed by atoms with E-state index in [1.165, 1.54) is 11.8 Å². The Morgan fingerprint density at radius 1 is 1.19 bits per heavy atom. The molecule has 0 saturated heterocycles. The van der Waals surface area contributed by atoms with E-state index in [1.54, 1.807) is 27.0 Å². The van der Waals surface area contributed by atoms with Gasteiger partial charge in [-0.1, -0.05) is 18.2 Å². The lowest BCUT2D eigenvalue weighted by atomic mass is 10.1. The second kappa shape index (κ2) is 7.74. The highest BCUT2D eigenvalue weighted by Crippen LogP contribution is 2.28. The molecular formula is C20H20N2O3S. The van der Waals surface area contributed by atoms with E-state index in [4.69, 9.17) is 4.74 Å². The summed E-state index contributed by atoms with van der Waals surface area (Å²) in [7, 11) is 0. The number of carbonyl (C=O) groups is 2. The molecule has 2 aromatic heterocycles. The molecule has 0 aliphatic heterocycles. The minimum atomic E-state index is -0.431. The van der Waals surface area contributed by atoms with Crippen molar-refractivity contribution in [2.24, 2.45) is 0 Å². The van der Waals surface area contributed by atoms with Crippen LogP contribution in [0.15, 0.2) is 41.4 Å². The molecule has 0 atom stereocenters. The summed E-state index contributed by atoms with van der Waals surface area (Å²) in [6.45, 7) is 5.63. The SMILES string of the molecule is CCOC(=O)c1[nH]c(C)c(C(=O)CSc2ccnc3ccccc23)c1C. The number of ketones is 1. The number of hydrogen-bond donors (Lipinski definition) is 1. The number of esters is 1. The molecule has 0 saturated carbocycles. The van der Waals surface area contributed by atoms with E-state index in [0.717, 1.165) is 15.8 Å². The van der Waals surface area contributed by atoms with Crippen LogP contribution in [0, 0.1) is 13.8 Å². The van der Waals surface area contributed by atoms with E-state index in [0.29, 0.717) is 29.1 Å². The number of nitrogens with zero attached hydrogens (tertiary/aromatic N) is 1. The molecule has 26 heavy (non-hydrogen) atoms. The molecule has 0 unspecified atom stereocenters. The Labute approximate surface area is 156 Å². The van der Waals surface area contributed by atoms with Crippen LogP contribution in [0.4, 0.5) is 0 Å². The molecule has 5 nitrogen and oxygen atoms in total. The molecule has 1 aromatic carbocycles. The lowest BCUT2D eigenvalue weighted by Crippen LogP contribution is -2.08. The Morgan fingerprint density at radius 2 is 1.96 bits per heavy atom. The second-order valence-electron chi connectivity index (χ2n) is 5.88. The Hall–Kier alpha value is -2.60. The molecule has 1 N–H and O–H groups in total. The Bertz CT molecular complexity index is 973. The highest BCUT2D eigenvalue weighted by Gasteiger charge is 2.22. The molecule has 0 bridgehead atoms. The number of rotatable bonds is 6. The van der Waals surface area contributed by atoms with Crippen LogP contribution < -0.4 is 0 Å². The van der Waals surface area contributed by atoms with Crippen LogP contribution in [-0.2, 0) is 4.74 Å². The Kier molecular flexibility index (Phi) is 5.42.